The second kappa shape index (κ2) is 11.7. The van der Waals surface area contributed by atoms with Gasteiger partial charge in [0.25, 0.3) is 0 Å². The molecule has 1 saturated heterocycles. The van der Waals surface area contributed by atoms with Gasteiger partial charge in [-0.1, -0.05) is 6.42 Å². The summed E-state index contributed by atoms with van der Waals surface area (Å²) in [7, 11) is -2.16. The van der Waals surface area contributed by atoms with Crippen LogP contribution in [0.3, 0.4) is 0 Å². The van der Waals surface area contributed by atoms with Crippen molar-refractivity contribution in [3.05, 3.63) is 58.4 Å². The van der Waals surface area contributed by atoms with Crippen molar-refractivity contribution in [3.8, 4) is 16.3 Å². The number of hydrogen-bond acceptors (Lipinski definition) is 8. The van der Waals surface area contributed by atoms with Gasteiger partial charge in [0.15, 0.2) is 0 Å². The van der Waals surface area contributed by atoms with Crippen LogP contribution in [-0.2, 0) is 32.5 Å². The summed E-state index contributed by atoms with van der Waals surface area (Å²) in [5.74, 6) is 0.546. The highest BCUT2D eigenvalue weighted by Gasteiger charge is 2.36. The Morgan fingerprint density at radius 2 is 1.87 bits per heavy atom. The number of benzene rings is 1. The van der Waals surface area contributed by atoms with Crippen LogP contribution in [0.2, 0.25) is 0 Å². The Kier molecular flexibility index (Phi) is 8.32. The Balaban J connectivity index is 1.21. The number of amides is 1. The molecule has 208 valence electrons. The van der Waals surface area contributed by atoms with E-state index in [4.69, 9.17) is 14.5 Å². The van der Waals surface area contributed by atoms with Gasteiger partial charge in [0.05, 0.1) is 30.9 Å². The zero-order valence-electron chi connectivity index (χ0n) is 22.6. The van der Waals surface area contributed by atoms with Gasteiger partial charge in [-0.2, -0.15) is 4.31 Å². The number of carbonyl (C=O) groups is 1. The minimum atomic E-state index is -3.73. The maximum absolute atomic E-state index is 13.8. The summed E-state index contributed by atoms with van der Waals surface area (Å²) >= 11 is 1.61. The Bertz CT molecular complexity index is 1420. The maximum Gasteiger partial charge on any atom is 0.248 e. The van der Waals surface area contributed by atoms with E-state index in [9.17, 15) is 13.2 Å². The molecule has 1 atom stereocenters. The standard InChI is InChI=1S/C28H34N4O5S2/c1-19-14-23(36-3)15-20(2)27(19)39(34,35)32-12-5-4-6-22(32)17-37-18-26(33)31-13-9-24-25(16-31)38-28(30-24)21-7-10-29-11-8-21/h7-8,10-11,14-15,22H,4-6,9,12-13,16-18H2,1-3H3. The molecular weight excluding hydrogens is 536 g/mol. The van der Waals surface area contributed by atoms with Gasteiger partial charge >= 0.3 is 0 Å². The average Bonchev–Trinajstić information content (AvgIpc) is 3.37. The molecule has 0 radical (unpaired) electrons. The number of sulfonamides is 1. The van der Waals surface area contributed by atoms with Gasteiger partial charge in [0, 0.05) is 48.4 Å². The van der Waals surface area contributed by atoms with Crippen LogP contribution in [0.25, 0.3) is 10.6 Å². The molecule has 39 heavy (non-hydrogen) atoms. The highest BCUT2D eigenvalue weighted by molar-refractivity contribution is 7.89. The van der Waals surface area contributed by atoms with Gasteiger partial charge in [0.1, 0.15) is 17.4 Å². The van der Waals surface area contributed by atoms with Crippen LogP contribution in [0, 0.1) is 13.8 Å². The van der Waals surface area contributed by atoms with E-state index in [2.05, 4.69) is 4.98 Å². The number of thiazole rings is 1. The summed E-state index contributed by atoms with van der Waals surface area (Å²) in [5, 5.41) is 0.939. The predicted octanol–water partition coefficient (Wildman–Crippen LogP) is 3.98. The summed E-state index contributed by atoms with van der Waals surface area (Å²) in [6.45, 7) is 5.25. The fourth-order valence-corrected chi connectivity index (χ4v) is 8.63. The van der Waals surface area contributed by atoms with E-state index in [-0.39, 0.29) is 25.2 Å². The molecule has 0 bridgehead atoms. The monoisotopic (exact) mass is 570 g/mol. The molecule has 0 N–H and O–H groups in total. The van der Waals surface area contributed by atoms with Gasteiger partial charge in [0.2, 0.25) is 15.9 Å². The third-order valence-electron chi connectivity index (χ3n) is 7.36. The highest BCUT2D eigenvalue weighted by Crippen LogP contribution is 2.33. The van der Waals surface area contributed by atoms with Gasteiger partial charge in [-0.3, -0.25) is 9.78 Å². The Morgan fingerprint density at radius 1 is 1.13 bits per heavy atom. The fraction of sp³-hybridized carbons (Fsp3) is 0.464. The maximum atomic E-state index is 13.8. The number of nitrogens with zero attached hydrogens (tertiary/aromatic N) is 4. The number of aryl methyl sites for hydroxylation is 2. The topological polar surface area (TPSA) is 102 Å². The molecule has 11 heteroatoms. The molecule has 1 aromatic carbocycles. The lowest BCUT2D eigenvalue weighted by Gasteiger charge is -2.35. The molecule has 2 aromatic heterocycles. The second-order valence-electron chi connectivity index (χ2n) is 10.1. The first-order chi connectivity index (χ1) is 18.8. The van der Waals surface area contributed by atoms with Crippen molar-refractivity contribution in [2.45, 2.75) is 57.0 Å². The normalized spacial score (nSPS) is 18.1. The van der Waals surface area contributed by atoms with E-state index < -0.39 is 10.0 Å². The summed E-state index contributed by atoms with van der Waals surface area (Å²) in [4.78, 5) is 25.1. The molecule has 1 amide bonds. The van der Waals surface area contributed by atoms with Crippen molar-refractivity contribution in [2.24, 2.45) is 0 Å². The SMILES string of the molecule is COc1cc(C)c(S(=O)(=O)N2CCCCC2COCC(=O)N2CCc3nc(-c4ccncc4)sc3C2)c(C)c1. The fourth-order valence-electron chi connectivity index (χ4n) is 5.41. The average molecular weight is 571 g/mol. The van der Waals surface area contributed by atoms with Crippen LogP contribution >= 0.6 is 11.3 Å². The van der Waals surface area contributed by atoms with Crippen molar-refractivity contribution >= 4 is 27.3 Å². The first kappa shape index (κ1) is 27.7. The number of aromatic nitrogens is 2. The third-order valence-corrected chi connectivity index (χ3v) is 10.7. The molecule has 2 aliphatic heterocycles. The summed E-state index contributed by atoms with van der Waals surface area (Å²) in [6, 6.07) is 7.07. The minimum absolute atomic E-state index is 0.0731. The number of ether oxygens (including phenoxy) is 2. The summed E-state index contributed by atoms with van der Waals surface area (Å²) in [6.07, 6.45) is 6.64. The third kappa shape index (κ3) is 5.86. The van der Waals surface area contributed by atoms with Crippen LogP contribution < -0.4 is 4.74 Å². The van der Waals surface area contributed by atoms with E-state index in [0.717, 1.165) is 34.0 Å². The molecule has 0 saturated carbocycles. The largest absolute Gasteiger partial charge is 0.497 e. The van der Waals surface area contributed by atoms with E-state index in [0.29, 0.717) is 54.2 Å². The first-order valence-electron chi connectivity index (χ1n) is 13.2. The highest BCUT2D eigenvalue weighted by atomic mass is 32.2. The summed E-state index contributed by atoms with van der Waals surface area (Å²) < 4.78 is 40.2. The molecule has 3 aromatic rings. The predicted molar refractivity (Wildman–Crippen MR) is 149 cm³/mol. The number of methoxy groups -OCH3 is 1. The van der Waals surface area contributed by atoms with Gasteiger partial charge in [-0.05, 0) is 62.1 Å². The number of hydrogen-bond donors (Lipinski definition) is 0. The van der Waals surface area contributed by atoms with Crippen molar-refractivity contribution < 1.29 is 22.7 Å². The Morgan fingerprint density at radius 3 is 2.59 bits per heavy atom. The molecule has 0 spiro atoms. The zero-order chi connectivity index (χ0) is 27.6. The van der Waals surface area contributed by atoms with Crippen molar-refractivity contribution in [1.29, 1.82) is 0 Å². The molecule has 1 fully saturated rings. The number of piperidine rings is 1. The van der Waals surface area contributed by atoms with E-state index >= 15 is 0 Å². The van der Waals surface area contributed by atoms with Gasteiger partial charge in [-0.15, -0.1) is 11.3 Å². The van der Waals surface area contributed by atoms with Crippen molar-refractivity contribution in [2.75, 3.05) is 33.4 Å². The lowest BCUT2D eigenvalue weighted by Crippen LogP contribution is -2.47. The van der Waals surface area contributed by atoms with Crippen LogP contribution in [0.15, 0.2) is 41.6 Å². The van der Waals surface area contributed by atoms with Gasteiger partial charge < -0.3 is 14.4 Å². The quantitative estimate of drug-likeness (QED) is 0.404. The zero-order valence-corrected chi connectivity index (χ0v) is 24.2. The van der Waals surface area contributed by atoms with Crippen LogP contribution in [-0.4, -0.2) is 73.0 Å². The van der Waals surface area contributed by atoms with Crippen LogP contribution in [0.4, 0.5) is 0 Å². The number of fused-ring (bicyclic) bond motifs is 1. The van der Waals surface area contributed by atoms with Gasteiger partial charge in [-0.25, -0.2) is 13.4 Å². The summed E-state index contributed by atoms with van der Waals surface area (Å²) in [5.41, 5.74) is 3.39. The Hall–Kier alpha value is -2.86. The van der Waals surface area contributed by atoms with Crippen molar-refractivity contribution in [3.63, 3.8) is 0 Å². The van der Waals surface area contributed by atoms with E-state index in [1.54, 1.807) is 66.0 Å². The molecule has 9 nitrogen and oxygen atoms in total. The number of carbonyl (C=O) groups excluding carboxylic acids is 1. The first-order valence-corrected chi connectivity index (χ1v) is 15.4. The Labute approximate surface area is 233 Å². The molecule has 1 unspecified atom stereocenters. The number of pyridine rings is 1. The van der Waals surface area contributed by atoms with E-state index in [1.807, 2.05) is 12.1 Å². The molecule has 4 heterocycles. The second-order valence-corrected chi connectivity index (χ2v) is 13.0. The van der Waals surface area contributed by atoms with E-state index in [1.165, 1.54) is 0 Å². The number of rotatable bonds is 8. The van der Waals surface area contributed by atoms with Crippen LogP contribution in [0.1, 0.15) is 41.0 Å². The molecule has 0 aliphatic carbocycles. The molecular formula is C28H34N4O5S2. The lowest BCUT2D eigenvalue weighted by molar-refractivity contribution is -0.137. The van der Waals surface area contributed by atoms with Crippen LogP contribution in [0.5, 0.6) is 5.75 Å². The smallest absolute Gasteiger partial charge is 0.248 e. The van der Waals surface area contributed by atoms with Crippen molar-refractivity contribution in [1.82, 2.24) is 19.2 Å². The minimum Gasteiger partial charge on any atom is -0.497 e. The molecule has 2 aliphatic rings. The lowest BCUT2D eigenvalue weighted by atomic mass is 10.1. The molecule has 5 rings (SSSR count).